The maximum atomic E-state index is 11.8. The van der Waals surface area contributed by atoms with Gasteiger partial charge in [-0.3, -0.25) is 0 Å². The van der Waals surface area contributed by atoms with E-state index in [4.69, 9.17) is 0 Å². The van der Waals surface area contributed by atoms with Gasteiger partial charge in [-0.25, -0.2) is 0 Å². The second-order valence-electron chi connectivity index (χ2n) is 3.18. The number of hydrogen-bond acceptors (Lipinski definition) is 1. The zero-order valence-electron chi connectivity index (χ0n) is 7.26. The molecule has 0 N–H and O–H groups in total. The molecule has 0 fully saturated rings. The van der Waals surface area contributed by atoms with E-state index in [1.807, 2.05) is 30.3 Å². The van der Waals surface area contributed by atoms with Crippen LogP contribution < -0.4 is 0 Å². The van der Waals surface area contributed by atoms with Crippen LogP contribution in [0, 0.1) is 5.21 Å². The van der Waals surface area contributed by atoms with Crippen molar-refractivity contribution in [2.45, 2.75) is 6.54 Å². The summed E-state index contributed by atoms with van der Waals surface area (Å²) in [6.07, 6.45) is 6.87. The van der Waals surface area contributed by atoms with Crippen molar-refractivity contribution in [3.8, 4) is 0 Å². The third kappa shape index (κ3) is 1.86. The van der Waals surface area contributed by atoms with Crippen molar-refractivity contribution < 1.29 is 4.65 Å². The van der Waals surface area contributed by atoms with E-state index in [1.54, 1.807) is 24.6 Å². The van der Waals surface area contributed by atoms with Crippen LogP contribution in [0.2, 0.25) is 0 Å². The third-order valence-electron chi connectivity index (χ3n) is 2.06. The van der Waals surface area contributed by atoms with Crippen LogP contribution in [-0.2, 0) is 6.54 Å². The molecule has 1 heterocycles. The molecule has 2 nitrogen and oxygen atoms in total. The van der Waals surface area contributed by atoms with Gasteiger partial charge in [-0.05, 0) is 12.2 Å². The largest absolute Gasteiger partial charge is 0.622 e. The van der Waals surface area contributed by atoms with Gasteiger partial charge in [0.2, 0.25) is 0 Å². The van der Waals surface area contributed by atoms with Crippen molar-refractivity contribution >= 4 is 0 Å². The Morgan fingerprint density at radius 2 is 1.62 bits per heavy atom. The zero-order valence-corrected chi connectivity index (χ0v) is 7.26. The molecule has 66 valence electrons. The van der Waals surface area contributed by atoms with Crippen LogP contribution in [0.1, 0.15) is 5.56 Å². The van der Waals surface area contributed by atoms with Crippen LogP contribution in [-0.4, -0.2) is 4.65 Å². The fourth-order valence-corrected chi connectivity index (χ4v) is 1.41. The van der Waals surface area contributed by atoms with Gasteiger partial charge in [-0.2, -0.15) is 0 Å². The lowest BCUT2D eigenvalue weighted by atomic mass is 10.2. The highest BCUT2D eigenvalue weighted by Gasteiger charge is 2.13. The normalized spacial score (nSPS) is 17.9. The van der Waals surface area contributed by atoms with Crippen LogP contribution in [0.3, 0.4) is 0 Å². The number of hydrogen-bond donors (Lipinski definition) is 0. The molecule has 0 radical (unpaired) electrons. The van der Waals surface area contributed by atoms with Gasteiger partial charge in [0.1, 0.15) is 18.9 Å². The number of quaternary nitrogens is 1. The van der Waals surface area contributed by atoms with E-state index < -0.39 is 0 Å². The van der Waals surface area contributed by atoms with E-state index >= 15 is 0 Å². The molecule has 2 heteroatoms. The maximum absolute atomic E-state index is 11.8. The van der Waals surface area contributed by atoms with Gasteiger partial charge in [0, 0.05) is 5.56 Å². The summed E-state index contributed by atoms with van der Waals surface area (Å²) in [6, 6.07) is 9.79. The second kappa shape index (κ2) is 3.17. The van der Waals surface area contributed by atoms with Crippen LogP contribution in [0.4, 0.5) is 0 Å². The Balaban J connectivity index is 2.15. The molecule has 1 aliphatic rings. The summed E-state index contributed by atoms with van der Waals surface area (Å²) >= 11 is 0. The topological polar surface area (TPSA) is 23.1 Å². The van der Waals surface area contributed by atoms with Crippen LogP contribution >= 0.6 is 0 Å². The summed E-state index contributed by atoms with van der Waals surface area (Å²) in [7, 11) is 0. The van der Waals surface area contributed by atoms with Crippen molar-refractivity contribution in [2.75, 3.05) is 0 Å². The van der Waals surface area contributed by atoms with E-state index in [9.17, 15) is 5.21 Å². The van der Waals surface area contributed by atoms with Crippen molar-refractivity contribution in [2.24, 2.45) is 0 Å². The van der Waals surface area contributed by atoms with Crippen LogP contribution in [0.5, 0.6) is 0 Å². The molecular formula is C11H11NO. The van der Waals surface area contributed by atoms with Crippen LogP contribution in [0.15, 0.2) is 54.9 Å². The summed E-state index contributed by atoms with van der Waals surface area (Å²) < 4.78 is -0.371. The zero-order chi connectivity index (χ0) is 9.15. The Kier molecular flexibility index (Phi) is 2.00. The number of allylic oxidation sites excluding steroid dienone is 2. The second-order valence-corrected chi connectivity index (χ2v) is 3.18. The number of benzene rings is 1. The Labute approximate surface area is 77.6 Å². The molecule has 1 aromatic rings. The minimum absolute atomic E-state index is 0.371. The fraction of sp³-hybridized carbons (Fsp3) is 0.0909. The first kappa shape index (κ1) is 8.23. The highest BCUT2D eigenvalue weighted by atomic mass is 16.5. The first-order valence-electron chi connectivity index (χ1n) is 4.28. The monoisotopic (exact) mass is 173 g/mol. The van der Waals surface area contributed by atoms with Crippen molar-refractivity contribution in [3.63, 3.8) is 0 Å². The summed E-state index contributed by atoms with van der Waals surface area (Å²) in [5.74, 6) is 0. The fourth-order valence-electron chi connectivity index (χ4n) is 1.41. The molecule has 0 atom stereocenters. The van der Waals surface area contributed by atoms with Crippen molar-refractivity contribution in [1.29, 1.82) is 0 Å². The minimum atomic E-state index is -0.371. The van der Waals surface area contributed by atoms with Gasteiger partial charge < -0.3 is 9.85 Å². The average molecular weight is 173 g/mol. The molecule has 13 heavy (non-hydrogen) atoms. The first-order valence-corrected chi connectivity index (χ1v) is 4.28. The lowest BCUT2D eigenvalue weighted by Crippen LogP contribution is -2.26. The van der Waals surface area contributed by atoms with E-state index in [0.29, 0.717) is 6.54 Å². The van der Waals surface area contributed by atoms with Gasteiger partial charge >= 0.3 is 0 Å². The lowest BCUT2D eigenvalue weighted by Gasteiger charge is -2.32. The molecule has 0 bridgehead atoms. The highest BCUT2D eigenvalue weighted by Crippen LogP contribution is 2.18. The molecule has 0 unspecified atom stereocenters. The Morgan fingerprint density at radius 3 is 2.23 bits per heavy atom. The summed E-state index contributed by atoms with van der Waals surface area (Å²) in [4.78, 5) is 0. The minimum Gasteiger partial charge on any atom is -0.622 e. The summed E-state index contributed by atoms with van der Waals surface area (Å²) in [6.45, 7) is 0.480. The highest BCUT2D eigenvalue weighted by molar-refractivity contribution is 5.15. The molecule has 0 aromatic heterocycles. The van der Waals surface area contributed by atoms with Crippen LogP contribution in [0.25, 0.3) is 0 Å². The average Bonchev–Trinajstić information content (AvgIpc) is 2.54. The first-order chi connectivity index (χ1) is 6.29. The Bertz CT molecular complexity index is 328. The van der Waals surface area contributed by atoms with Crippen molar-refractivity contribution in [3.05, 3.63) is 65.7 Å². The SMILES string of the molecule is [O-][N+]1(Cc2ccccc2)C=CC=C1. The molecule has 0 spiro atoms. The maximum Gasteiger partial charge on any atom is 0.113 e. The van der Waals surface area contributed by atoms with E-state index in [-0.39, 0.29) is 4.65 Å². The smallest absolute Gasteiger partial charge is 0.113 e. The van der Waals surface area contributed by atoms with Gasteiger partial charge in [0.05, 0.1) is 0 Å². The molecule has 1 aromatic carbocycles. The van der Waals surface area contributed by atoms with E-state index in [2.05, 4.69) is 0 Å². The molecule has 0 saturated heterocycles. The van der Waals surface area contributed by atoms with Gasteiger partial charge in [-0.1, -0.05) is 30.3 Å². The number of rotatable bonds is 2. The van der Waals surface area contributed by atoms with Gasteiger partial charge in [-0.15, -0.1) is 0 Å². The predicted molar refractivity (Wildman–Crippen MR) is 52.1 cm³/mol. The van der Waals surface area contributed by atoms with Crippen molar-refractivity contribution in [1.82, 2.24) is 0 Å². The predicted octanol–water partition coefficient (Wildman–Crippen LogP) is 2.54. The Morgan fingerprint density at radius 1 is 1.00 bits per heavy atom. The standard InChI is InChI=1S/C11H11NO/c13-12(8-4-5-9-12)10-11-6-2-1-3-7-11/h1-9H,10H2. The number of nitrogens with zero attached hydrogens (tertiary/aromatic N) is 1. The Hall–Kier alpha value is -1.38. The van der Waals surface area contributed by atoms with E-state index in [1.165, 1.54) is 0 Å². The molecule has 2 rings (SSSR count). The molecule has 1 aliphatic heterocycles. The third-order valence-corrected chi connectivity index (χ3v) is 2.06. The van der Waals surface area contributed by atoms with E-state index in [0.717, 1.165) is 5.56 Å². The summed E-state index contributed by atoms with van der Waals surface area (Å²) in [5.41, 5.74) is 1.06. The molecule has 0 saturated carbocycles. The molecule has 0 aliphatic carbocycles. The summed E-state index contributed by atoms with van der Waals surface area (Å²) in [5, 5.41) is 11.8. The molecule has 0 amide bonds. The van der Waals surface area contributed by atoms with Gasteiger partial charge in [0.25, 0.3) is 0 Å². The lowest BCUT2D eigenvalue weighted by molar-refractivity contribution is -0.786. The number of hydroxylamine groups is 3. The van der Waals surface area contributed by atoms with Gasteiger partial charge in [0.15, 0.2) is 0 Å². The molecular weight excluding hydrogens is 162 g/mol. The quantitative estimate of drug-likeness (QED) is 0.498.